The van der Waals surface area contributed by atoms with Crippen molar-refractivity contribution in [2.24, 2.45) is 5.92 Å². The third-order valence-corrected chi connectivity index (χ3v) is 5.09. The molecule has 2 rings (SSSR count). The van der Waals surface area contributed by atoms with E-state index in [-0.39, 0.29) is 0 Å². The summed E-state index contributed by atoms with van der Waals surface area (Å²) in [7, 11) is 2.15. The fourth-order valence-electron chi connectivity index (χ4n) is 2.93. The summed E-state index contributed by atoms with van der Waals surface area (Å²) in [6.07, 6.45) is 8.79. The lowest BCUT2D eigenvalue weighted by Gasteiger charge is -2.28. The van der Waals surface area contributed by atoms with Gasteiger partial charge in [-0.15, -0.1) is 0 Å². The van der Waals surface area contributed by atoms with Gasteiger partial charge in [-0.1, -0.05) is 12.8 Å². The maximum atomic E-state index is 3.57. The molecule has 0 aromatic rings. The molecule has 0 spiro atoms. The Balaban J connectivity index is 1.90. The van der Waals surface area contributed by atoms with E-state index in [9.17, 15) is 0 Å². The van der Waals surface area contributed by atoms with Crippen molar-refractivity contribution in [3.05, 3.63) is 0 Å². The Hall–Kier alpha value is 0.310. The molecule has 0 radical (unpaired) electrons. The first-order valence-electron chi connectivity index (χ1n) is 5.70. The Morgan fingerprint density at radius 1 is 1.15 bits per heavy atom. The first kappa shape index (κ1) is 9.85. The minimum atomic E-state index is 0.815. The van der Waals surface area contributed by atoms with Crippen LogP contribution in [0.1, 0.15) is 38.5 Å². The SMILES string of the molecule is CNC(C1CCCC1)C1CCCS1. The van der Waals surface area contributed by atoms with Crippen LogP contribution in [-0.4, -0.2) is 24.1 Å². The minimum Gasteiger partial charge on any atom is -0.316 e. The van der Waals surface area contributed by atoms with E-state index in [4.69, 9.17) is 0 Å². The van der Waals surface area contributed by atoms with Gasteiger partial charge in [0.25, 0.3) is 0 Å². The van der Waals surface area contributed by atoms with Crippen LogP contribution in [0.3, 0.4) is 0 Å². The molecule has 0 aromatic carbocycles. The van der Waals surface area contributed by atoms with Crippen LogP contribution < -0.4 is 5.32 Å². The van der Waals surface area contributed by atoms with Crippen molar-refractivity contribution in [3.63, 3.8) is 0 Å². The highest BCUT2D eigenvalue weighted by Gasteiger charge is 2.32. The Labute approximate surface area is 86.0 Å². The zero-order chi connectivity index (χ0) is 9.10. The molecule has 2 fully saturated rings. The van der Waals surface area contributed by atoms with E-state index in [1.54, 1.807) is 0 Å². The van der Waals surface area contributed by atoms with E-state index in [0.29, 0.717) is 0 Å². The molecule has 1 saturated heterocycles. The second-order valence-electron chi connectivity index (χ2n) is 4.41. The maximum Gasteiger partial charge on any atom is 0.0211 e. The summed E-state index contributed by atoms with van der Waals surface area (Å²) in [5.74, 6) is 2.39. The van der Waals surface area contributed by atoms with Crippen molar-refractivity contribution in [2.75, 3.05) is 12.8 Å². The number of rotatable bonds is 3. The summed E-state index contributed by atoms with van der Waals surface area (Å²) >= 11 is 2.20. The minimum absolute atomic E-state index is 0.815. The summed E-state index contributed by atoms with van der Waals surface area (Å²) in [6, 6.07) is 0.815. The van der Waals surface area contributed by atoms with Gasteiger partial charge in [-0.3, -0.25) is 0 Å². The van der Waals surface area contributed by atoms with Crippen molar-refractivity contribution < 1.29 is 0 Å². The van der Waals surface area contributed by atoms with Crippen molar-refractivity contribution >= 4 is 11.8 Å². The van der Waals surface area contributed by atoms with Crippen molar-refractivity contribution in [3.8, 4) is 0 Å². The van der Waals surface area contributed by atoms with Gasteiger partial charge in [0.1, 0.15) is 0 Å². The molecule has 2 unspecified atom stereocenters. The van der Waals surface area contributed by atoms with Gasteiger partial charge in [0.15, 0.2) is 0 Å². The van der Waals surface area contributed by atoms with Crippen LogP contribution in [-0.2, 0) is 0 Å². The van der Waals surface area contributed by atoms with Gasteiger partial charge in [0.2, 0.25) is 0 Å². The molecule has 1 nitrogen and oxygen atoms in total. The summed E-state index contributed by atoms with van der Waals surface area (Å²) in [4.78, 5) is 0. The van der Waals surface area contributed by atoms with E-state index in [0.717, 1.165) is 17.2 Å². The highest BCUT2D eigenvalue weighted by Crippen LogP contribution is 2.37. The van der Waals surface area contributed by atoms with Gasteiger partial charge in [-0.05, 0) is 44.4 Å². The zero-order valence-corrected chi connectivity index (χ0v) is 9.41. The van der Waals surface area contributed by atoms with E-state index >= 15 is 0 Å². The van der Waals surface area contributed by atoms with Gasteiger partial charge in [0, 0.05) is 11.3 Å². The second-order valence-corrected chi connectivity index (χ2v) is 5.76. The van der Waals surface area contributed by atoms with Crippen LogP contribution in [0, 0.1) is 5.92 Å². The first-order valence-corrected chi connectivity index (χ1v) is 6.75. The van der Waals surface area contributed by atoms with Crippen LogP contribution in [0.5, 0.6) is 0 Å². The third-order valence-electron chi connectivity index (χ3n) is 3.61. The highest BCUT2D eigenvalue weighted by atomic mass is 32.2. The van der Waals surface area contributed by atoms with Crippen LogP contribution in [0.4, 0.5) is 0 Å². The van der Waals surface area contributed by atoms with Crippen molar-refractivity contribution in [1.29, 1.82) is 0 Å². The molecule has 0 aromatic heterocycles. The second kappa shape index (κ2) is 4.70. The largest absolute Gasteiger partial charge is 0.316 e. The standard InChI is InChI=1S/C11H21NS/c1-12-11(9-5-2-3-6-9)10-7-4-8-13-10/h9-12H,2-8H2,1H3. The number of hydrogen-bond acceptors (Lipinski definition) is 2. The molecule has 2 atom stereocenters. The molecule has 1 N–H and O–H groups in total. The molecule has 0 amide bonds. The first-order chi connectivity index (χ1) is 6.42. The monoisotopic (exact) mass is 199 g/mol. The molecule has 76 valence electrons. The Kier molecular flexibility index (Phi) is 3.56. The molecular formula is C11H21NS. The molecule has 13 heavy (non-hydrogen) atoms. The predicted molar refractivity (Wildman–Crippen MR) is 60.3 cm³/mol. The molecule has 1 saturated carbocycles. The molecule has 1 heterocycles. The van der Waals surface area contributed by atoms with Gasteiger partial charge in [-0.25, -0.2) is 0 Å². The lowest BCUT2D eigenvalue weighted by molar-refractivity contribution is 0.365. The normalized spacial score (nSPS) is 32.5. The van der Waals surface area contributed by atoms with Gasteiger partial charge in [-0.2, -0.15) is 11.8 Å². The quantitative estimate of drug-likeness (QED) is 0.750. The smallest absolute Gasteiger partial charge is 0.0211 e. The van der Waals surface area contributed by atoms with E-state index in [2.05, 4.69) is 24.1 Å². The molecular weight excluding hydrogens is 178 g/mol. The fraction of sp³-hybridized carbons (Fsp3) is 1.00. The Bertz CT molecular complexity index is 132. The number of hydrogen-bond donors (Lipinski definition) is 1. The number of nitrogens with one attached hydrogen (secondary N) is 1. The summed E-state index contributed by atoms with van der Waals surface area (Å²) in [5.41, 5.74) is 0. The van der Waals surface area contributed by atoms with Gasteiger partial charge >= 0.3 is 0 Å². The molecule has 1 aliphatic heterocycles. The predicted octanol–water partition coefficient (Wildman–Crippen LogP) is 2.66. The molecule has 0 bridgehead atoms. The van der Waals surface area contributed by atoms with Gasteiger partial charge in [0.05, 0.1) is 0 Å². The topological polar surface area (TPSA) is 12.0 Å². The van der Waals surface area contributed by atoms with Crippen LogP contribution in [0.15, 0.2) is 0 Å². The molecule has 2 heteroatoms. The van der Waals surface area contributed by atoms with E-state index < -0.39 is 0 Å². The lowest BCUT2D eigenvalue weighted by Crippen LogP contribution is -2.40. The summed E-state index contributed by atoms with van der Waals surface area (Å²) in [6.45, 7) is 0. The fourth-order valence-corrected chi connectivity index (χ4v) is 4.46. The third kappa shape index (κ3) is 2.21. The van der Waals surface area contributed by atoms with Crippen LogP contribution in [0.2, 0.25) is 0 Å². The van der Waals surface area contributed by atoms with Gasteiger partial charge < -0.3 is 5.32 Å². The molecule has 2 aliphatic rings. The number of thioether (sulfide) groups is 1. The van der Waals surface area contributed by atoms with Crippen LogP contribution >= 0.6 is 11.8 Å². The van der Waals surface area contributed by atoms with Crippen LogP contribution in [0.25, 0.3) is 0 Å². The summed E-state index contributed by atoms with van der Waals surface area (Å²) < 4.78 is 0. The van der Waals surface area contributed by atoms with Crippen molar-refractivity contribution in [2.45, 2.75) is 49.8 Å². The molecule has 1 aliphatic carbocycles. The zero-order valence-electron chi connectivity index (χ0n) is 8.59. The average molecular weight is 199 g/mol. The van der Waals surface area contributed by atoms with E-state index in [1.165, 1.54) is 44.3 Å². The lowest BCUT2D eigenvalue weighted by atomic mass is 9.93. The van der Waals surface area contributed by atoms with Crippen molar-refractivity contribution in [1.82, 2.24) is 5.32 Å². The summed E-state index contributed by atoms with van der Waals surface area (Å²) in [5, 5.41) is 4.49. The Morgan fingerprint density at radius 2 is 1.92 bits per heavy atom. The van der Waals surface area contributed by atoms with E-state index in [1.807, 2.05) is 0 Å². The Morgan fingerprint density at radius 3 is 2.46 bits per heavy atom. The maximum absolute atomic E-state index is 3.57. The average Bonchev–Trinajstić information content (AvgIpc) is 2.76. The highest BCUT2D eigenvalue weighted by molar-refractivity contribution is 8.00.